The lowest BCUT2D eigenvalue weighted by molar-refractivity contribution is 0.588. The molecule has 2 heterocycles. The van der Waals surface area contributed by atoms with Crippen LogP contribution in [0.4, 0.5) is 11.1 Å². The van der Waals surface area contributed by atoms with Crippen LogP contribution in [0, 0.1) is 5.92 Å². The third-order valence-electron chi connectivity index (χ3n) is 4.01. The van der Waals surface area contributed by atoms with Crippen molar-refractivity contribution in [2.75, 3.05) is 37.0 Å². The normalized spacial score (nSPS) is 12.8. The van der Waals surface area contributed by atoms with Crippen molar-refractivity contribution in [3.63, 3.8) is 0 Å². The van der Waals surface area contributed by atoms with E-state index in [1.165, 1.54) is 18.4 Å². The van der Waals surface area contributed by atoms with Crippen LogP contribution in [0.15, 0.2) is 40.4 Å². The zero-order valence-corrected chi connectivity index (χ0v) is 18.2. The van der Waals surface area contributed by atoms with E-state index in [0.717, 1.165) is 33.3 Å². The molecule has 28 heavy (non-hydrogen) atoms. The molecule has 150 valence electrons. The van der Waals surface area contributed by atoms with Gasteiger partial charge in [-0.25, -0.2) is 28.1 Å². The topological polar surface area (TPSA) is 109 Å². The summed E-state index contributed by atoms with van der Waals surface area (Å²) in [5.41, 5.74) is 0.774. The summed E-state index contributed by atoms with van der Waals surface area (Å²) < 4.78 is 27.0. The highest BCUT2D eigenvalue weighted by Gasteiger charge is 2.14. The Bertz CT molecular complexity index is 1040. The van der Waals surface area contributed by atoms with Crippen molar-refractivity contribution in [1.29, 1.82) is 0 Å². The molecule has 0 aliphatic heterocycles. The molecule has 0 fully saturated rings. The number of hydrogen-bond acceptors (Lipinski definition) is 9. The molecule has 3 N–H and O–H groups in total. The molecule has 0 aliphatic carbocycles. The predicted octanol–water partition coefficient (Wildman–Crippen LogP) is 2.88. The summed E-state index contributed by atoms with van der Waals surface area (Å²) in [5.74, 6) is 0.930. The number of aromatic nitrogens is 3. The molecule has 8 nitrogen and oxygen atoms in total. The molecule has 0 spiro atoms. The van der Waals surface area contributed by atoms with Crippen LogP contribution in [0.5, 0.6) is 0 Å². The van der Waals surface area contributed by atoms with Gasteiger partial charge in [-0.2, -0.15) is 0 Å². The lowest BCUT2D eigenvalue weighted by Crippen LogP contribution is -2.20. The average Bonchev–Trinajstić information content (AvgIpc) is 3.13. The van der Waals surface area contributed by atoms with Crippen molar-refractivity contribution >= 4 is 54.4 Å². The third kappa shape index (κ3) is 5.10. The van der Waals surface area contributed by atoms with Crippen molar-refractivity contribution in [3.8, 4) is 0 Å². The van der Waals surface area contributed by atoms with Crippen LogP contribution < -0.4 is 15.4 Å². The Morgan fingerprint density at radius 1 is 1.18 bits per heavy atom. The summed E-state index contributed by atoms with van der Waals surface area (Å²) in [7, 11) is -2.06. The molecular formula is C17H22N6O2S3. The second-order valence-electron chi connectivity index (χ2n) is 6.17. The predicted molar refractivity (Wildman–Crippen MR) is 116 cm³/mol. The highest BCUT2D eigenvalue weighted by Crippen LogP contribution is 2.28. The molecule has 0 saturated carbocycles. The van der Waals surface area contributed by atoms with Gasteiger partial charge in [0.1, 0.15) is 0 Å². The Kier molecular flexibility index (Phi) is 6.70. The van der Waals surface area contributed by atoms with Crippen LogP contribution in [-0.4, -0.2) is 49.8 Å². The number of anilines is 2. The fourth-order valence-electron chi connectivity index (χ4n) is 2.38. The monoisotopic (exact) mass is 438 g/mol. The minimum absolute atomic E-state index is 0.239. The van der Waals surface area contributed by atoms with E-state index in [-0.39, 0.29) is 4.90 Å². The lowest BCUT2D eigenvalue weighted by atomic mass is 10.2. The molecular weight excluding hydrogens is 416 g/mol. The maximum Gasteiger partial charge on any atom is 0.240 e. The van der Waals surface area contributed by atoms with Gasteiger partial charge in [-0.05, 0) is 37.4 Å². The van der Waals surface area contributed by atoms with Gasteiger partial charge in [0.2, 0.25) is 16.0 Å². The van der Waals surface area contributed by atoms with Gasteiger partial charge in [-0.15, -0.1) is 11.8 Å². The third-order valence-corrected chi connectivity index (χ3v) is 7.08. The second kappa shape index (κ2) is 9.03. The fourth-order valence-corrected chi connectivity index (χ4v) is 4.44. The zero-order valence-electron chi connectivity index (χ0n) is 15.8. The van der Waals surface area contributed by atoms with Crippen LogP contribution in [0.1, 0.15) is 6.92 Å². The van der Waals surface area contributed by atoms with E-state index >= 15 is 0 Å². The van der Waals surface area contributed by atoms with Gasteiger partial charge < -0.3 is 10.6 Å². The summed E-state index contributed by atoms with van der Waals surface area (Å²) in [6, 6.07) is 4.93. The first-order chi connectivity index (χ1) is 13.4. The van der Waals surface area contributed by atoms with Gasteiger partial charge in [0.25, 0.3) is 0 Å². The lowest BCUT2D eigenvalue weighted by Gasteiger charge is -2.13. The highest BCUT2D eigenvalue weighted by molar-refractivity contribution is 7.98. The Labute approximate surface area is 172 Å². The van der Waals surface area contributed by atoms with Gasteiger partial charge >= 0.3 is 0 Å². The van der Waals surface area contributed by atoms with Gasteiger partial charge in [-0.1, -0.05) is 18.3 Å². The summed E-state index contributed by atoms with van der Waals surface area (Å²) in [6.07, 6.45) is 5.58. The van der Waals surface area contributed by atoms with Crippen molar-refractivity contribution in [3.05, 3.63) is 30.6 Å². The Hall–Kier alpha value is -1.95. The smallest absolute Gasteiger partial charge is 0.240 e. The maximum absolute atomic E-state index is 11.9. The van der Waals surface area contributed by atoms with E-state index in [1.807, 2.05) is 6.26 Å². The molecule has 1 aromatic carbocycles. The quantitative estimate of drug-likeness (QED) is 0.438. The molecule has 3 aromatic rings. The van der Waals surface area contributed by atoms with Gasteiger partial charge in [0, 0.05) is 30.4 Å². The number of hydrogen-bond donors (Lipinski definition) is 3. The number of sulfonamides is 1. The first-order valence-electron chi connectivity index (χ1n) is 8.59. The standard InChI is InChI=1S/C17H22N6O2S3/c1-11(7-19-16-20-9-12(26-3)10-21-16)8-22-17-23-14-5-4-13(6-15(14)27-17)28(24,25)18-2/h4-6,9-11,18H,7-8H2,1-3H3,(H,22,23)(H,19,20,21). The number of nitrogens with zero attached hydrogens (tertiary/aromatic N) is 3. The van der Waals surface area contributed by atoms with Crippen LogP contribution in [0.25, 0.3) is 10.2 Å². The van der Waals surface area contributed by atoms with Gasteiger partial charge in [0.05, 0.1) is 15.1 Å². The van der Waals surface area contributed by atoms with Crippen molar-refractivity contribution in [1.82, 2.24) is 19.7 Å². The first kappa shape index (κ1) is 20.8. The van der Waals surface area contributed by atoms with Gasteiger partial charge in [-0.3, -0.25) is 0 Å². The molecule has 0 saturated heterocycles. The van der Waals surface area contributed by atoms with E-state index < -0.39 is 10.0 Å². The van der Waals surface area contributed by atoms with Crippen LogP contribution in [0.3, 0.4) is 0 Å². The first-order valence-corrected chi connectivity index (χ1v) is 12.1. The number of nitrogens with one attached hydrogen (secondary N) is 3. The molecule has 0 radical (unpaired) electrons. The van der Waals surface area contributed by atoms with E-state index in [1.54, 1.807) is 42.4 Å². The van der Waals surface area contributed by atoms with Crippen molar-refractivity contribution < 1.29 is 8.42 Å². The Morgan fingerprint density at radius 3 is 2.57 bits per heavy atom. The molecule has 0 amide bonds. The molecule has 2 aromatic heterocycles. The number of rotatable bonds is 9. The highest BCUT2D eigenvalue weighted by atomic mass is 32.2. The average molecular weight is 439 g/mol. The van der Waals surface area contributed by atoms with Gasteiger partial charge in [0.15, 0.2) is 5.13 Å². The van der Waals surface area contributed by atoms with E-state index in [4.69, 9.17) is 0 Å². The van der Waals surface area contributed by atoms with E-state index in [9.17, 15) is 8.42 Å². The van der Waals surface area contributed by atoms with Crippen LogP contribution in [-0.2, 0) is 10.0 Å². The minimum atomic E-state index is -3.46. The maximum atomic E-state index is 11.9. The Morgan fingerprint density at radius 2 is 1.89 bits per heavy atom. The fraction of sp³-hybridized carbons (Fsp3) is 0.353. The largest absolute Gasteiger partial charge is 0.361 e. The molecule has 3 rings (SSSR count). The number of fused-ring (bicyclic) bond motifs is 1. The summed E-state index contributed by atoms with van der Waals surface area (Å²) in [4.78, 5) is 14.3. The number of benzene rings is 1. The number of thiazole rings is 1. The summed E-state index contributed by atoms with van der Waals surface area (Å²) >= 11 is 3.04. The zero-order chi connectivity index (χ0) is 20.1. The number of thioether (sulfide) groups is 1. The minimum Gasteiger partial charge on any atom is -0.361 e. The summed E-state index contributed by atoms with van der Waals surface area (Å²) in [6.45, 7) is 3.56. The molecule has 0 bridgehead atoms. The van der Waals surface area contributed by atoms with Crippen molar-refractivity contribution in [2.45, 2.75) is 16.7 Å². The molecule has 11 heteroatoms. The molecule has 0 aliphatic rings. The second-order valence-corrected chi connectivity index (χ2v) is 9.97. The van der Waals surface area contributed by atoms with E-state index in [2.05, 4.69) is 37.2 Å². The van der Waals surface area contributed by atoms with Crippen molar-refractivity contribution in [2.24, 2.45) is 5.92 Å². The summed E-state index contributed by atoms with van der Waals surface area (Å²) in [5, 5.41) is 7.31. The SMILES string of the molecule is CNS(=O)(=O)c1ccc2nc(NCC(C)CNc3ncc(SC)cn3)sc2c1. The molecule has 1 unspecified atom stereocenters. The van der Waals surface area contributed by atoms with E-state index in [0.29, 0.717) is 11.9 Å². The Balaban J connectivity index is 1.56. The van der Waals surface area contributed by atoms with Crippen LogP contribution >= 0.6 is 23.1 Å². The molecule has 1 atom stereocenters. The van der Waals surface area contributed by atoms with Crippen LogP contribution in [0.2, 0.25) is 0 Å².